The van der Waals surface area contributed by atoms with Gasteiger partial charge in [0.1, 0.15) is 11.7 Å². The van der Waals surface area contributed by atoms with E-state index < -0.39 is 29.2 Å². The van der Waals surface area contributed by atoms with E-state index in [0.717, 1.165) is 4.90 Å². The third-order valence-corrected chi connectivity index (χ3v) is 5.51. The van der Waals surface area contributed by atoms with Crippen molar-refractivity contribution >= 4 is 40.8 Å². The Bertz CT molecular complexity index is 1070. The average molecular weight is 442 g/mol. The summed E-state index contributed by atoms with van der Waals surface area (Å²) in [5, 5.41) is 4.52. The van der Waals surface area contributed by atoms with Gasteiger partial charge in [-0.2, -0.15) is 5.10 Å². The molecule has 4 rings (SSSR count). The van der Waals surface area contributed by atoms with Gasteiger partial charge in [-0.3, -0.25) is 15.0 Å². The molecule has 2 aliphatic rings. The molecule has 1 N–H and O–H groups in total. The molecule has 160 valence electrons. The Hall–Kier alpha value is -3.39. The van der Waals surface area contributed by atoms with Crippen LogP contribution in [0.3, 0.4) is 0 Å². The standard InChI is InChI=1S/C22H20ClN3O5/c1-3-30-16-11-9-15(10-12-16)26-19(27)17-18(20(28)31-4-2)24-25-22(17,21(26)29)13-5-7-14(23)8-6-13/h5-12,17,25H,3-4H2,1-2H3/t17-,22+/m1/s1. The summed E-state index contributed by atoms with van der Waals surface area (Å²) in [6, 6.07) is 13.1. The molecular formula is C22H20ClN3O5. The largest absolute Gasteiger partial charge is 0.494 e. The third-order valence-electron chi connectivity index (χ3n) is 5.26. The Morgan fingerprint density at radius 1 is 1.10 bits per heavy atom. The van der Waals surface area contributed by atoms with Crippen LogP contribution in [0.15, 0.2) is 53.6 Å². The fourth-order valence-corrected chi connectivity index (χ4v) is 4.03. The van der Waals surface area contributed by atoms with Gasteiger partial charge in [-0.15, -0.1) is 0 Å². The second kappa shape index (κ2) is 8.03. The molecule has 0 spiro atoms. The van der Waals surface area contributed by atoms with Gasteiger partial charge in [-0.25, -0.2) is 9.69 Å². The summed E-state index contributed by atoms with van der Waals surface area (Å²) < 4.78 is 10.5. The quantitative estimate of drug-likeness (QED) is 0.546. The van der Waals surface area contributed by atoms with Gasteiger partial charge in [0.2, 0.25) is 5.91 Å². The van der Waals surface area contributed by atoms with Crippen molar-refractivity contribution in [3.8, 4) is 5.75 Å². The molecule has 1 saturated heterocycles. The molecule has 2 aromatic rings. The Labute approximate surface area is 183 Å². The molecule has 2 aromatic carbocycles. The van der Waals surface area contributed by atoms with Gasteiger partial charge in [-0.05, 0) is 55.8 Å². The van der Waals surface area contributed by atoms with Crippen LogP contribution in [0.1, 0.15) is 19.4 Å². The van der Waals surface area contributed by atoms with Gasteiger partial charge in [0.25, 0.3) is 5.91 Å². The molecule has 0 unspecified atom stereocenters. The van der Waals surface area contributed by atoms with Crippen molar-refractivity contribution in [3.05, 3.63) is 59.1 Å². The fraction of sp³-hybridized carbons (Fsp3) is 0.273. The Balaban J connectivity index is 1.80. The summed E-state index contributed by atoms with van der Waals surface area (Å²) in [7, 11) is 0. The zero-order valence-electron chi connectivity index (χ0n) is 16.9. The number of amides is 2. The molecule has 1 fully saturated rings. The van der Waals surface area contributed by atoms with E-state index in [1.165, 1.54) is 0 Å². The maximum atomic E-state index is 13.7. The number of anilines is 1. The average Bonchev–Trinajstić information content (AvgIpc) is 3.26. The van der Waals surface area contributed by atoms with Gasteiger partial charge in [0.05, 0.1) is 18.9 Å². The minimum Gasteiger partial charge on any atom is -0.494 e. The number of nitrogens with one attached hydrogen (secondary N) is 1. The highest BCUT2D eigenvalue weighted by molar-refractivity contribution is 6.47. The number of fused-ring (bicyclic) bond motifs is 1. The number of ether oxygens (including phenoxy) is 2. The first kappa shape index (κ1) is 20.9. The number of hydrazone groups is 1. The van der Waals surface area contributed by atoms with E-state index in [9.17, 15) is 14.4 Å². The number of benzene rings is 2. The lowest BCUT2D eigenvalue weighted by Crippen LogP contribution is -2.48. The van der Waals surface area contributed by atoms with Crippen molar-refractivity contribution in [2.45, 2.75) is 19.4 Å². The zero-order chi connectivity index (χ0) is 22.2. The van der Waals surface area contributed by atoms with Gasteiger partial charge in [0.15, 0.2) is 11.3 Å². The summed E-state index contributed by atoms with van der Waals surface area (Å²) in [4.78, 5) is 40.8. The van der Waals surface area contributed by atoms with E-state index in [1.54, 1.807) is 55.5 Å². The lowest BCUT2D eigenvalue weighted by molar-refractivity contribution is -0.136. The smallest absolute Gasteiger partial charge is 0.355 e. The number of hydrogen-bond acceptors (Lipinski definition) is 7. The SMILES string of the molecule is CCOC(=O)C1=NN[C@]2(c3ccc(Cl)cc3)C(=O)N(c3ccc(OCC)cc3)C(=O)[C@@H]12. The van der Waals surface area contributed by atoms with E-state index >= 15 is 0 Å². The van der Waals surface area contributed by atoms with Crippen molar-refractivity contribution in [1.29, 1.82) is 0 Å². The van der Waals surface area contributed by atoms with Gasteiger partial charge in [0, 0.05) is 5.02 Å². The van der Waals surface area contributed by atoms with Crippen molar-refractivity contribution < 1.29 is 23.9 Å². The number of carbonyl (C=O) groups is 3. The van der Waals surface area contributed by atoms with Crippen molar-refractivity contribution in [3.63, 3.8) is 0 Å². The topological polar surface area (TPSA) is 97.3 Å². The Morgan fingerprint density at radius 3 is 2.39 bits per heavy atom. The van der Waals surface area contributed by atoms with Crippen LogP contribution in [-0.4, -0.2) is 36.7 Å². The van der Waals surface area contributed by atoms with Crippen molar-refractivity contribution in [2.75, 3.05) is 18.1 Å². The molecule has 0 radical (unpaired) electrons. The van der Waals surface area contributed by atoms with Crippen molar-refractivity contribution in [1.82, 2.24) is 5.43 Å². The number of hydrogen-bond donors (Lipinski definition) is 1. The molecular weight excluding hydrogens is 422 g/mol. The monoisotopic (exact) mass is 441 g/mol. The molecule has 0 saturated carbocycles. The number of esters is 1. The molecule has 31 heavy (non-hydrogen) atoms. The van der Waals surface area contributed by atoms with Gasteiger partial charge >= 0.3 is 5.97 Å². The predicted octanol–water partition coefficient (Wildman–Crippen LogP) is 2.65. The predicted molar refractivity (Wildman–Crippen MR) is 114 cm³/mol. The van der Waals surface area contributed by atoms with Gasteiger partial charge < -0.3 is 9.47 Å². The second-order valence-corrected chi connectivity index (χ2v) is 7.42. The molecule has 2 amide bonds. The first-order valence-electron chi connectivity index (χ1n) is 9.83. The van der Waals surface area contributed by atoms with Crippen LogP contribution in [0, 0.1) is 5.92 Å². The minimum absolute atomic E-state index is 0.114. The van der Waals surface area contributed by atoms with Crippen LogP contribution < -0.4 is 15.1 Å². The molecule has 0 aromatic heterocycles. The highest BCUT2D eigenvalue weighted by Crippen LogP contribution is 2.45. The molecule has 0 aliphatic carbocycles. The summed E-state index contributed by atoms with van der Waals surface area (Å²) in [5.74, 6) is -2.42. The highest BCUT2D eigenvalue weighted by Gasteiger charge is 2.67. The number of carbonyl (C=O) groups excluding carboxylic acids is 3. The second-order valence-electron chi connectivity index (χ2n) is 6.98. The minimum atomic E-state index is -1.57. The van der Waals surface area contributed by atoms with Gasteiger partial charge in [-0.1, -0.05) is 23.7 Å². The summed E-state index contributed by atoms with van der Waals surface area (Å²) >= 11 is 6.01. The maximum absolute atomic E-state index is 13.7. The lowest BCUT2D eigenvalue weighted by atomic mass is 9.79. The molecule has 2 atom stereocenters. The Kier molecular flexibility index (Phi) is 5.41. The van der Waals surface area contributed by atoms with Crippen molar-refractivity contribution in [2.24, 2.45) is 11.0 Å². The molecule has 0 bridgehead atoms. The number of rotatable bonds is 6. The normalized spacial score (nSPS) is 22.1. The zero-order valence-corrected chi connectivity index (χ0v) is 17.7. The van der Waals surface area contributed by atoms with Crippen LogP contribution in [-0.2, 0) is 24.7 Å². The Morgan fingerprint density at radius 2 is 1.77 bits per heavy atom. The molecule has 2 aliphatic heterocycles. The highest BCUT2D eigenvalue weighted by atomic mass is 35.5. The number of imide groups is 1. The molecule has 2 heterocycles. The summed E-state index contributed by atoms with van der Waals surface area (Å²) in [5.41, 5.74) is 1.91. The van der Waals surface area contributed by atoms with Crippen LogP contribution in [0.4, 0.5) is 5.69 Å². The van der Waals surface area contributed by atoms with Crippen LogP contribution in [0.5, 0.6) is 5.75 Å². The number of halogens is 1. The number of nitrogens with zero attached hydrogens (tertiary/aromatic N) is 2. The van der Waals surface area contributed by atoms with E-state index in [2.05, 4.69) is 10.5 Å². The molecule has 8 nitrogen and oxygen atoms in total. The van der Waals surface area contributed by atoms with Crippen LogP contribution in [0.2, 0.25) is 5.02 Å². The third kappa shape index (κ3) is 3.23. The summed E-state index contributed by atoms with van der Waals surface area (Å²) in [6.45, 7) is 4.12. The van der Waals surface area contributed by atoms with E-state index in [1.807, 2.05) is 6.92 Å². The molecule has 9 heteroatoms. The van der Waals surface area contributed by atoms with E-state index in [4.69, 9.17) is 21.1 Å². The maximum Gasteiger partial charge on any atom is 0.355 e. The summed E-state index contributed by atoms with van der Waals surface area (Å²) in [6.07, 6.45) is 0. The van der Waals surface area contributed by atoms with E-state index in [0.29, 0.717) is 28.6 Å². The fourth-order valence-electron chi connectivity index (χ4n) is 3.90. The first-order chi connectivity index (χ1) is 14.9. The van der Waals surface area contributed by atoms with Crippen LogP contribution in [0.25, 0.3) is 0 Å². The van der Waals surface area contributed by atoms with Crippen LogP contribution >= 0.6 is 11.6 Å². The van der Waals surface area contributed by atoms with E-state index in [-0.39, 0.29) is 12.3 Å². The first-order valence-corrected chi connectivity index (χ1v) is 10.2. The lowest BCUT2D eigenvalue weighted by Gasteiger charge is -2.26.